The number of hydrogen-bond donors (Lipinski definition) is 2. The van der Waals surface area contributed by atoms with E-state index in [-0.39, 0.29) is 22.9 Å². The number of pyridine rings is 1. The Hall–Kier alpha value is -4.17. The standard InChI is InChI=1S/C25H21N3O5/c29-21-15-16(8-9-18(21)25(31)32)22-20-7-3-4-10-28(20)24(26-22)23(30)17-5-1-2-6-19(17)27-11-13-33-14-12-27/h1-10,15,29H,11-14H2,(H,31,32). The summed E-state index contributed by atoms with van der Waals surface area (Å²) in [5, 5.41) is 19.4. The van der Waals surface area contributed by atoms with Crippen molar-refractivity contribution in [2.45, 2.75) is 0 Å². The van der Waals surface area contributed by atoms with E-state index < -0.39 is 5.97 Å². The van der Waals surface area contributed by atoms with Gasteiger partial charge < -0.3 is 19.8 Å². The molecule has 1 aliphatic heterocycles. The Balaban J connectivity index is 1.62. The van der Waals surface area contributed by atoms with Gasteiger partial charge in [0, 0.05) is 36.1 Å². The number of hydrogen-bond acceptors (Lipinski definition) is 6. The molecule has 3 heterocycles. The number of para-hydroxylation sites is 1. The number of morpholine rings is 1. The Morgan fingerprint density at radius 3 is 2.45 bits per heavy atom. The van der Waals surface area contributed by atoms with Gasteiger partial charge in [0.15, 0.2) is 5.82 Å². The van der Waals surface area contributed by atoms with Gasteiger partial charge >= 0.3 is 5.97 Å². The molecule has 2 N–H and O–H groups in total. The highest BCUT2D eigenvalue weighted by atomic mass is 16.5. The molecule has 1 aliphatic rings. The number of benzene rings is 2. The summed E-state index contributed by atoms with van der Waals surface area (Å²) < 4.78 is 7.17. The smallest absolute Gasteiger partial charge is 0.339 e. The molecule has 0 amide bonds. The largest absolute Gasteiger partial charge is 0.507 e. The van der Waals surface area contributed by atoms with Crippen molar-refractivity contribution < 1.29 is 24.5 Å². The fraction of sp³-hybridized carbons (Fsp3) is 0.160. The Morgan fingerprint density at radius 2 is 1.70 bits per heavy atom. The normalized spacial score (nSPS) is 13.9. The predicted octanol–water partition coefficient (Wildman–Crippen LogP) is 3.47. The van der Waals surface area contributed by atoms with Crippen LogP contribution in [0.3, 0.4) is 0 Å². The van der Waals surface area contributed by atoms with Crippen LogP contribution < -0.4 is 4.90 Å². The van der Waals surface area contributed by atoms with Crippen molar-refractivity contribution in [3.8, 4) is 17.0 Å². The number of carbonyl (C=O) groups excluding carboxylic acids is 1. The Kier molecular flexibility index (Phi) is 5.27. The van der Waals surface area contributed by atoms with E-state index in [4.69, 9.17) is 4.74 Å². The van der Waals surface area contributed by atoms with Crippen LogP contribution in [-0.2, 0) is 4.74 Å². The number of carboxylic acids is 1. The summed E-state index contributed by atoms with van der Waals surface area (Å²) in [4.78, 5) is 31.8. The number of aromatic hydroxyl groups is 1. The van der Waals surface area contributed by atoms with Crippen molar-refractivity contribution in [2.24, 2.45) is 0 Å². The average Bonchev–Trinajstić information content (AvgIpc) is 3.23. The van der Waals surface area contributed by atoms with E-state index in [1.807, 2.05) is 36.4 Å². The van der Waals surface area contributed by atoms with E-state index in [0.29, 0.717) is 48.6 Å². The number of ketones is 1. The van der Waals surface area contributed by atoms with Crippen molar-refractivity contribution in [3.63, 3.8) is 0 Å². The molecule has 0 bridgehead atoms. The third kappa shape index (κ3) is 3.70. The Labute approximate surface area is 189 Å². The van der Waals surface area contributed by atoms with Gasteiger partial charge in [-0.05, 0) is 36.4 Å². The number of rotatable bonds is 5. The monoisotopic (exact) mass is 443 g/mol. The van der Waals surface area contributed by atoms with Crippen molar-refractivity contribution in [1.82, 2.24) is 9.38 Å². The maximum Gasteiger partial charge on any atom is 0.339 e. The number of aromatic carboxylic acids is 1. The number of anilines is 1. The maximum atomic E-state index is 13.7. The summed E-state index contributed by atoms with van der Waals surface area (Å²) in [6.45, 7) is 2.61. The fourth-order valence-electron chi connectivity index (χ4n) is 4.14. The molecule has 0 aliphatic carbocycles. The van der Waals surface area contributed by atoms with Crippen molar-refractivity contribution >= 4 is 23.0 Å². The van der Waals surface area contributed by atoms with Crippen LogP contribution in [0.1, 0.15) is 26.5 Å². The molecule has 5 rings (SSSR count). The minimum Gasteiger partial charge on any atom is -0.507 e. The molecule has 8 heteroatoms. The molecule has 0 spiro atoms. The highest BCUT2D eigenvalue weighted by molar-refractivity contribution is 6.11. The first-order valence-electron chi connectivity index (χ1n) is 10.5. The number of imidazole rings is 1. The number of nitrogens with zero attached hydrogens (tertiary/aromatic N) is 3. The molecule has 1 fully saturated rings. The molecule has 4 aromatic rings. The van der Waals surface area contributed by atoms with Gasteiger partial charge in [-0.1, -0.05) is 24.3 Å². The number of carboxylic acid groups (broad SMARTS) is 1. The first-order chi connectivity index (χ1) is 16.0. The molecular formula is C25H21N3O5. The third-order valence-corrected chi connectivity index (χ3v) is 5.75. The van der Waals surface area contributed by atoms with E-state index in [1.165, 1.54) is 12.1 Å². The summed E-state index contributed by atoms with van der Waals surface area (Å²) >= 11 is 0. The second kappa shape index (κ2) is 8.40. The number of phenols is 1. The van der Waals surface area contributed by atoms with E-state index in [1.54, 1.807) is 22.7 Å². The number of carbonyl (C=O) groups is 2. The minimum absolute atomic E-state index is 0.196. The fourth-order valence-corrected chi connectivity index (χ4v) is 4.14. The zero-order chi connectivity index (χ0) is 22.9. The first-order valence-corrected chi connectivity index (χ1v) is 10.5. The van der Waals surface area contributed by atoms with Crippen LogP contribution in [0.4, 0.5) is 5.69 Å². The van der Waals surface area contributed by atoms with Gasteiger partial charge in [-0.3, -0.25) is 9.20 Å². The average molecular weight is 443 g/mol. The van der Waals surface area contributed by atoms with Gasteiger partial charge in [0.1, 0.15) is 11.3 Å². The summed E-state index contributed by atoms with van der Waals surface area (Å²) in [6.07, 6.45) is 1.77. The van der Waals surface area contributed by atoms with Crippen molar-refractivity contribution in [1.29, 1.82) is 0 Å². The number of fused-ring (bicyclic) bond motifs is 1. The zero-order valence-corrected chi connectivity index (χ0v) is 17.6. The van der Waals surface area contributed by atoms with E-state index >= 15 is 0 Å². The highest BCUT2D eigenvalue weighted by Crippen LogP contribution is 2.31. The van der Waals surface area contributed by atoms with Crippen LogP contribution in [-0.4, -0.2) is 57.7 Å². The van der Waals surface area contributed by atoms with Crippen molar-refractivity contribution in [3.05, 3.63) is 83.8 Å². The minimum atomic E-state index is -1.22. The zero-order valence-electron chi connectivity index (χ0n) is 17.6. The molecule has 0 radical (unpaired) electrons. The number of ether oxygens (including phenoxy) is 1. The predicted molar refractivity (Wildman–Crippen MR) is 122 cm³/mol. The van der Waals surface area contributed by atoms with Gasteiger partial charge in [-0.15, -0.1) is 0 Å². The topological polar surface area (TPSA) is 104 Å². The van der Waals surface area contributed by atoms with E-state index in [0.717, 1.165) is 5.69 Å². The molecule has 0 unspecified atom stereocenters. The van der Waals surface area contributed by atoms with Crippen LogP contribution in [0, 0.1) is 0 Å². The van der Waals surface area contributed by atoms with E-state index in [2.05, 4.69) is 9.88 Å². The van der Waals surface area contributed by atoms with Crippen LogP contribution in [0.15, 0.2) is 66.9 Å². The Bertz CT molecular complexity index is 1370. The van der Waals surface area contributed by atoms with Crippen LogP contribution in [0.25, 0.3) is 16.8 Å². The first kappa shape index (κ1) is 20.7. The quantitative estimate of drug-likeness (QED) is 0.455. The molecule has 0 saturated carbocycles. The van der Waals surface area contributed by atoms with Crippen molar-refractivity contribution in [2.75, 3.05) is 31.2 Å². The lowest BCUT2D eigenvalue weighted by atomic mass is 10.1. The molecular weight excluding hydrogens is 422 g/mol. The van der Waals surface area contributed by atoms with Gasteiger partial charge in [0.2, 0.25) is 5.78 Å². The van der Waals surface area contributed by atoms with Gasteiger partial charge in [-0.25, -0.2) is 9.78 Å². The molecule has 2 aromatic carbocycles. The molecule has 33 heavy (non-hydrogen) atoms. The summed E-state index contributed by atoms with van der Waals surface area (Å²) in [6, 6.07) is 17.2. The SMILES string of the molecule is O=C(O)c1ccc(-c2nc(C(=O)c3ccccc3N3CCOCC3)n3ccccc23)cc1O. The van der Waals surface area contributed by atoms with Gasteiger partial charge in [-0.2, -0.15) is 0 Å². The molecule has 8 nitrogen and oxygen atoms in total. The number of aromatic nitrogens is 2. The van der Waals surface area contributed by atoms with Crippen LogP contribution in [0.5, 0.6) is 5.75 Å². The Morgan fingerprint density at radius 1 is 0.939 bits per heavy atom. The lowest BCUT2D eigenvalue weighted by Crippen LogP contribution is -2.37. The van der Waals surface area contributed by atoms with Gasteiger partial charge in [0.25, 0.3) is 0 Å². The summed E-state index contributed by atoms with van der Waals surface area (Å²) in [5.74, 6) is -1.56. The van der Waals surface area contributed by atoms with E-state index in [9.17, 15) is 19.8 Å². The highest BCUT2D eigenvalue weighted by Gasteiger charge is 2.24. The third-order valence-electron chi connectivity index (χ3n) is 5.75. The second-order valence-corrected chi connectivity index (χ2v) is 7.72. The lowest BCUT2D eigenvalue weighted by Gasteiger charge is -2.30. The van der Waals surface area contributed by atoms with Gasteiger partial charge in [0.05, 0.1) is 24.4 Å². The lowest BCUT2D eigenvalue weighted by molar-refractivity contribution is 0.0693. The van der Waals surface area contributed by atoms with Crippen LogP contribution in [0.2, 0.25) is 0 Å². The second-order valence-electron chi connectivity index (χ2n) is 7.72. The summed E-state index contributed by atoms with van der Waals surface area (Å²) in [7, 11) is 0. The summed E-state index contributed by atoms with van der Waals surface area (Å²) in [5.41, 5.74) is 2.86. The molecule has 1 saturated heterocycles. The molecule has 166 valence electrons. The maximum absolute atomic E-state index is 13.7. The molecule has 2 aromatic heterocycles. The van der Waals surface area contributed by atoms with Crippen LogP contribution >= 0.6 is 0 Å². The molecule has 0 atom stereocenters.